The fraction of sp³-hybridized carbons (Fsp3) is 0.304. The van der Waals surface area contributed by atoms with Crippen LogP contribution >= 0.6 is 22.9 Å². The van der Waals surface area contributed by atoms with Crippen LogP contribution < -0.4 is 4.74 Å². The molecule has 0 bridgehead atoms. The second kappa shape index (κ2) is 9.60. The number of carbonyl (C=O) groups excluding carboxylic acids is 1. The first-order chi connectivity index (χ1) is 14.6. The predicted molar refractivity (Wildman–Crippen MR) is 121 cm³/mol. The van der Waals surface area contributed by atoms with Gasteiger partial charge in [0.25, 0.3) is 5.91 Å². The number of ether oxygens (including phenoxy) is 1. The molecular weight excluding hydrogens is 418 g/mol. The lowest BCUT2D eigenvalue weighted by molar-refractivity contribution is -0.135. The number of carbonyl (C=O) groups is 1. The maximum atomic E-state index is 12.4. The van der Waals surface area contributed by atoms with Crippen LogP contribution in [0.5, 0.6) is 5.75 Å². The summed E-state index contributed by atoms with van der Waals surface area (Å²) >= 11 is 7.61. The van der Waals surface area contributed by atoms with Gasteiger partial charge >= 0.3 is 0 Å². The van der Waals surface area contributed by atoms with E-state index in [1.807, 2.05) is 60.4 Å². The first-order valence-electron chi connectivity index (χ1n) is 9.97. The molecule has 1 aromatic heterocycles. The number of aromatic nitrogens is 1. The van der Waals surface area contributed by atoms with Crippen molar-refractivity contribution in [2.45, 2.75) is 13.5 Å². The molecule has 1 aliphatic heterocycles. The standard InChI is InChI=1S/C23H24ClN3O2S/c1-17-2-8-21(9-3-17)29-15-22(28)27-12-10-26(11-13-27)14-20-16-30-23(25-20)18-4-6-19(24)7-5-18/h2-9,16H,10-15H2,1H3. The second-order valence-electron chi connectivity index (χ2n) is 7.41. The summed E-state index contributed by atoms with van der Waals surface area (Å²) in [5, 5.41) is 3.84. The number of aryl methyl sites for hydroxylation is 1. The number of amides is 1. The molecule has 7 heteroatoms. The van der Waals surface area contributed by atoms with E-state index >= 15 is 0 Å². The molecule has 0 atom stereocenters. The number of nitrogens with zero attached hydrogens (tertiary/aromatic N) is 3. The Labute approximate surface area is 185 Å². The smallest absolute Gasteiger partial charge is 0.260 e. The van der Waals surface area contributed by atoms with Gasteiger partial charge in [0.05, 0.1) is 5.69 Å². The van der Waals surface area contributed by atoms with Crippen molar-refractivity contribution in [2.24, 2.45) is 0 Å². The average Bonchev–Trinajstić information content (AvgIpc) is 3.22. The van der Waals surface area contributed by atoms with Crippen LogP contribution in [-0.4, -0.2) is 53.5 Å². The van der Waals surface area contributed by atoms with Crippen molar-refractivity contribution in [3.05, 3.63) is 70.2 Å². The van der Waals surface area contributed by atoms with Gasteiger partial charge < -0.3 is 9.64 Å². The van der Waals surface area contributed by atoms with Gasteiger partial charge in [-0.3, -0.25) is 9.69 Å². The van der Waals surface area contributed by atoms with Crippen LogP contribution in [-0.2, 0) is 11.3 Å². The SMILES string of the molecule is Cc1ccc(OCC(=O)N2CCN(Cc3csc(-c4ccc(Cl)cc4)n3)CC2)cc1. The van der Waals surface area contributed by atoms with Gasteiger partial charge in [0.15, 0.2) is 6.61 Å². The van der Waals surface area contributed by atoms with E-state index in [-0.39, 0.29) is 12.5 Å². The third-order valence-electron chi connectivity index (χ3n) is 5.14. The molecule has 2 heterocycles. The predicted octanol–water partition coefficient (Wildman–Crippen LogP) is 4.50. The zero-order valence-electron chi connectivity index (χ0n) is 16.9. The van der Waals surface area contributed by atoms with E-state index < -0.39 is 0 Å². The molecule has 156 valence electrons. The fourth-order valence-electron chi connectivity index (χ4n) is 3.36. The van der Waals surface area contributed by atoms with Crippen molar-refractivity contribution < 1.29 is 9.53 Å². The number of piperazine rings is 1. The maximum absolute atomic E-state index is 12.4. The quantitative estimate of drug-likeness (QED) is 0.565. The highest BCUT2D eigenvalue weighted by Crippen LogP contribution is 2.25. The monoisotopic (exact) mass is 441 g/mol. The summed E-state index contributed by atoms with van der Waals surface area (Å²) in [6.07, 6.45) is 0. The summed E-state index contributed by atoms with van der Waals surface area (Å²) in [5.41, 5.74) is 3.32. The van der Waals surface area contributed by atoms with E-state index in [9.17, 15) is 4.79 Å². The van der Waals surface area contributed by atoms with E-state index in [0.717, 1.165) is 46.7 Å². The molecule has 1 amide bonds. The summed E-state index contributed by atoms with van der Waals surface area (Å²) in [6.45, 7) is 6.01. The van der Waals surface area contributed by atoms with Crippen LogP contribution in [0.25, 0.3) is 10.6 Å². The van der Waals surface area contributed by atoms with Crippen LogP contribution in [0.3, 0.4) is 0 Å². The number of benzene rings is 2. The highest BCUT2D eigenvalue weighted by atomic mass is 35.5. The van der Waals surface area contributed by atoms with Crippen molar-refractivity contribution in [2.75, 3.05) is 32.8 Å². The number of rotatable bonds is 6. The largest absolute Gasteiger partial charge is 0.484 e. The van der Waals surface area contributed by atoms with Crippen molar-refractivity contribution in [1.82, 2.24) is 14.8 Å². The Hall–Kier alpha value is -2.41. The van der Waals surface area contributed by atoms with Crippen LogP contribution in [0.4, 0.5) is 0 Å². The first-order valence-corrected chi connectivity index (χ1v) is 11.2. The highest BCUT2D eigenvalue weighted by Gasteiger charge is 2.22. The first kappa shape index (κ1) is 20.8. The van der Waals surface area contributed by atoms with E-state index in [4.69, 9.17) is 21.3 Å². The Morgan fingerprint density at radius 3 is 2.47 bits per heavy atom. The van der Waals surface area contributed by atoms with Crippen molar-refractivity contribution in [3.8, 4) is 16.3 Å². The molecule has 5 nitrogen and oxygen atoms in total. The molecule has 30 heavy (non-hydrogen) atoms. The van der Waals surface area contributed by atoms with Crippen molar-refractivity contribution >= 4 is 28.8 Å². The zero-order chi connectivity index (χ0) is 20.9. The fourth-order valence-corrected chi connectivity index (χ4v) is 4.30. The Balaban J connectivity index is 1.24. The van der Waals surface area contributed by atoms with Gasteiger partial charge in [0, 0.05) is 48.7 Å². The van der Waals surface area contributed by atoms with Gasteiger partial charge in [0.2, 0.25) is 0 Å². The minimum absolute atomic E-state index is 0.0360. The number of halogens is 1. The minimum atomic E-state index is 0.0360. The molecular formula is C23H24ClN3O2S. The maximum Gasteiger partial charge on any atom is 0.260 e. The van der Waals surface area contributed by atoms with E-state index in [1.54, 1.807) is 11.3 Å². The minimum Gasteiger partial charge on any atom is -0.484 e. The molecule has 0 unspecified atom stereocenters. The van der Waals surface area contributed by atoms with E-state index in [2.05, 4.69) is 10.3 Å². The number of thiazole rings is 1. The van der Waals surface area contributed by atoms with E-state index in [1.165, 1.54) is 5.56 Å². The molecule has 1 fully saturated rings. The molecule has 0 spiro atoms. The van der Waals surface area contributed by atoms with Crippen LogP contribution in [0.2, 0.25) is 5.02 Å². The average molecular weight is 442 g/mol. The van der Waals surface area contributed by atoms with Crippen molar-refractivity contribution in [1.29, 1.82) is 0 Å². The zero-order valence-corrected chi connectivity index (χ0v) is 18.5. The summed E-state index contributed by atoms with van der Waals surface area (Å²) < 4.78 is 5.63. The Kier molecular flexibility index (Phi) is 6.67. The molecule has 1 aliphatic rings. The Bertz CT molecular complexity index is 980. The molecule has 4 rings (SSSR count). The second-order valence-corrected chi connectivity index (χ2v) is 8.70. The highest BCUT2D eigenvalue weighted by molar-refractivity contribution is 7.13. The molecule has 0 aliphatic carbocycles. The lowest BCUT2D eigenvalue weighted by Gasteiger charge is -2.34. The van der Waals surface area contributed by atoms with E-state index in [0.29, 0.717) is 13.1 Å². The van der Waals surface area contributed by atoms with Gasteiger partial charge in [-0.1, -0.05) is 41.4 Å². The molecule has 2 aromatic carbocycles. The number of hydrogen-bond acceptors (Lipinski definition) is 5. The van der Waals surface area contributed by atoms with Gasteiger partial charge in [-0.05, 0) is 31.2 Å². The summed E-state index contributed by atoms with van der Waals surface area (Å²) in [4.78, 5) is 21.4. The van der Waals surface area contributed by atoms with Crippen LogP contribution in [0.15, 0.2) is 53.9 Å². The molecule has 1 saturated heterocycles. The molecule has 0 N–H and O–H groups in total. The summed E-state index contributed by atoms with van der Waals surface area (Å²) in [6, 6.07) is 15.5. The Morgan fingerprint density at radius 2 is 1.77 bits per heavy atom. The third-order valence-corrected chi connectivity index (χ3v) is 6.33. The van der Waals surface area contributed by atoms with Gasteiger partial charge in [-0.25, -0.2) is 4.98 Å². The molecule has 0 saturated carbocycles. The van der Waals surface area contributed by atoms with Crippen molar-refractivity contribution in [3.63, 3.8) is 0 Å². The Morgan fingerprint density at radius 1 is 1.07 bits per heavy atom. The summed E-state index contributed by atoms with van der Waals surface area (Å²) in [7, 11) is 0. The lowest BCUT2D eigenvalue weighted by Crippen LogP contribution is -2.49. The van der Waals surface area contributed by atoms with Gasteiger partial charge in [-0.15, -0.1) is 11.3 Å². The van der Waals surface area contributed by atoms with Crippen LogP contribution in [0.1, 0.15) is 11.3 Å². The van der Waals surface area contributed by atoms with Gasteiger partial charge in [-0.2, -0.15) is 0 Å². The topological polar surface area (TPSA) is 45.7 Å². The van der Waals surface area contributed by atoms with Crippen LogP contribution in [0, 0.1) is 6.92 Å². The molecule has 0 radical (unpaired) electrons. The number of hydrogen-bond donors (Lipinski definition) is 0. The normalized spacial score (nSPS) is 14.7. The molecule has 3 aromatic rings. The van der Waals surface area contributed by atoms with Gasteiger partial charge in [0.1, 0.15) is 10.8 Å². The summed E-state index contributed by atoms with van der Waals surface area (Å²) in [5.74, 6) is 0.765. The lowest BCUT2D eigenvalue weighted by atomic mass is 10.2. The third kappa shape index (κ3) is 5.39.